The Hall–Kier alpha value is -1.31. The Morgan fingerprint density at radius 3 is 2.38 bits per heavy atom. The molecule has 0 aliphatic carbocycles. The van der Waals surface area contributed by atoms with Crippen LogP contribution in [0.1, 0.15) is 24.5 Å². The Morgan fingerprint density at radius 1 is 1.31 bits per heavy atom. The maximum absolute atomic E-state index is 4.77. The molecule has 0 fully saturated rings. The zero-order valence-corrected chi connectivity index (χ0v) is 8.37. The van der Waals surface area contributed by atoms with Crippen molar-refractivity contribution in [3.8, 4) is 0 Å². The van der Waals surface area contributed by atoms with E-state index in [-0.39, 0.29) is 0 Å². The molecule has 1 aromatic rings. The van der Waals surface area contributed by atoms with Gasteiger partial charge in [0.2, 0.25) is 0 Å². The van der Waals surface area contributed by atoms with Crippen LogP contribution in [-0.2, 0) is 4.84 Å². The average molecular weight is 177 g/mol. The normalized spacial score (nSPS) is 11.5. The molecular formula is C11H15NO. The lowest BCUT2D eigenvalue weighted by molar-refractivity contribution is 0.213. The second kappa shape index (κ2) is 4.65. The lowest BCUT2D eigenvalue weighted by atomic mass is 10.1. The lowest BCUT2D eigenvalue weighted by Gasteiger charge is -2.02. The molecule has 70 valence electrons. The van der Waals surface area contributed by atoms with Crippen molar-refractivity contribution in [1.82, 2.24) is 0 Å². The third-order valence-electron chi connectivity index (χ3n) is 1.92. The standard InChI is InChI=1S/C11H15NO/c1-4-11(12-13-3)10-7-5-9(2)6-8-10/h5-8H,4H2,1-3H3/b12-11-. The lowest BCUT2D eigenvalue weighted by Crippen LogP contribution is -1.99. The molecule has 1 rings (SSSR count). The SMILES string of the molecule is CC/C(=N/OC)c1ccc(C)cc1. The second-order valence-corrected chi connectivity index (χ2v) is 2.94. The number of benzene rings is 1. The Balaban J connectivity index is 2.92. The largest absolute Gasteiger partial charge is 0.399 e. The van der Waals surface area contributed by atoms with Crippen molar-refractivity contribution in [3.05, 3.63) is 35.4 Å². The fourth-order valence-electron chi connectivity index (χ4n) is 1.18. The molecule has 2 nitrogen and oxygen atoms in total. The Bertz CT molecular complexity index is 287. The summed E-state index contributed by atoms with van der Waals surface area (Å²) in [4.78, 5) is 4.77. The molecule has 13 heavy (non-hydrogen) atoms. The van der Waals surface area contributed by atoms with Crippen molar-refractivity contribution in [1.29, 1.82) is 0 Å². The summed E-state index contributed by atoms with van der Waals surface area (Å²) in [7, 11) is 1.57. The Morgan fingerprint density at radius 2 is 1.92 bits per heavy atom. The van der Waals surface area contributed by atoms with Crippen molar-refractivity contribution in [2.45, 2.75) is 20.3 Å². The Kier molecular flexibility index (Phi) is 3.50. The van der Waals surface area contributed by atoms with Crippen molar-refractivity contribution < 1.29 is 4.84 Å². The van der Waals surface area contributed by atoms with Gasteiger partial charge in [0.25, 0.3) is 0 Å². The zero-order valence-electron chi connectivity index (χ0n) is 8.37. The molecule has 0 N–H and O–H groups in total. The van der Waals surface area contributed by atoms with E-state index in [0.717, 1.165) is 17.7 Å². The number of aryl methyl sites for hydroxylation is 1. The number of hydrogen-bond acceptors (Lipinski definition) is 2. The minimum atomic E-state index is 0.886. The minimum absolute atomic E-state index is 0.886. The van der Waals surface area contributed by atoms with Crippen molar-refractivity contribution in [2.24, 2.45) is 5.16 Å². The van der Waals surface area contributed by atoms with Gasteiger partial charge in [-0.3, -0.25) is 0 Å². The average Bonchev–Trinajstić information content (AvgIpc) is 2.16. The second-order valence-electron chi connectivity index (χ2n) is 2.94. The number of oxime groups is 1. The monoisotopic (exact) mass is 177 g/mol. The third-order valence-corrected chi connectivity index (χ3v) is 1.92. The summed E-state index contributed by atoms with van der Waals surface area (Å²) < 4.78 is 0. The van der Waals surface area contributed by atoms with Gasteiger partial charge in [-0.25, -0.2) is 0 Å². The summed E-state index contributed by atoms with van der Waals surface area (Å²) in [5, 5.41) is 3.96. The minimum Gasteiger partial charge on any atom is -0.399 e. The molecule has 0 saturated heterocycles. The van der Waals surface area contributed by atoms with Crippen LogP contribution >= 0.6 is 0 Å². The molecule has 0 heterocycles. The van der Waals surface area contributed by atoms with E-state index in [1.165, 1.54) is 5.56 Å². The maximum atomic E-state index is 4.77. The summed E-state index contributed by atoms with van der Waals surface area (Å²) >= 11 is 0. The van der Waals surface area contributed by atoms with E-state index in [1.807, 2.05) is 0 Å². The number of hydrogen-bond donors (Lipinski definition) is 0. The molecule has 0 aliphatic heterocycles. The van der Waals surface area contributed by atoms with E-state index in [9.17, 15) is 0 Å². The van der Waals surface area contributed by atoms with Crippen LogP contribution < -0.4 is 0 Å². The van der Waals surface area contributed by atoms with Crippen LogP contribution in [0.5, 0.6) is 0 Å². The molecule has 0 aliphatic rings. The topological polar surface area (TPSA) is 21.6 Å². The van der Waals surface area contributed by atoms with E-state index in [2.05, 4.69) is 43.3 Å². The van der Waals surface area contributed by atoms with Gasteiger partial charge in [0.1, 0.15) is 7.11 Å². The molecule has 0 bridgehead atoms. The quantitative estimate of drug-likeness (QED) is 0.514. The zero-order chi connectivity index (χ0) is 9.68. The van der Waals surface area contributed by atoms with Gasteiger partial charge in [0.05, 0.1) is 5.71 Å². The van der Waals surface area contributed by atoms with Crippen molar-refractivity contribution >= 4 is 5.71 Å². The molecule has 0 aromatic heterocycles. The summed E-state index contributed by atoms with van der Waals surface area (Å²) in [6.07, 6.45) is 0.886. The van der Waals surface area contributed by atoms with Crippen LogP contribution in [0, 0.1) is 6.92 Å². The van der Waals surface area contributed by atoms with Crippen LogP contribution in [0.4, 0.5) is 0 Å². The van der Waals surface area contributed by atoms with Crippen LogP contribution in [0.2, 0.25) is 0 Å². The van der Waals surface area contributed by atoms with Crippen LogP contribution in [-0.4, -0.2) is 12.8 Å². The predicted octanol–water partition coefficient (Wildman–Crippen LogP) is 2.76. The van der Waals surface area contributed by atoms with E-state index in [1.54, 1.807) is 7.11 Å². The highest BCUT2D eigenvalue weighted by atomic mass is 16.6. The van der Waals surface area contributed by atoms with E-state index < -0.39 is 0 Å². The summed E-state index contributed by atoms with van der Waals surface area (Å²) in [6.45, 7) is 4.14. The van der Waals surface area contributed by atoms with Gasteiger partial charge < -0.3 is 4.84 Å². The summed E-state index contributed by atoms with van der Waals surface area (Å²) in [6, 6.07) is 8.29. The molecule has 0 spiro atoms. The predicted molar refractivity (Wildman–Crippen MR) is 55.0 cm³/mol. The highest BCUT2D eigenvalue weighted by Gasteiger charge is 2.00. The molecule has 0 unspecified atom stereocenters. The highest BCUT2D eigenvalue weighted by Crippen LogP contribution is 2.07. The molecule has 0 saturated carbocycles. The van der Waals surface area contributed by atoms with E-state index in [4.69, 9.17) is 4.84 Å². The molecule has 0 radical (unpaired) electrons. The number of nitrogens with zero attached hydrogens (tertiary/aromatic N) is 1. The fourth-order valence-corrected chi connectivity index (χ4v) is 1.18. The van der Waals surface area contributed by atoms with Gasteiger partial charge in [-0.15, -0.1) is 0 Å². The fraction of sp³-hybridized carbons (Fsp3) is 0.364. The molecule has 0 amide bonds. The van der Waals surface area contributed by atoms with Gasteiger partial charge in [-0.2, -0.15) is 0 Å². The van der Waals surface area contributed by atoms with Crippen LogP contribution in [0.15, 0.2) is 29.4 Å². The smallest absolute Gasteiger partial charge is 0.106 e. The van der Waals surface area contributed by atoms with Crippen LogP contribution in [0.25, 0.3) is 0 Å². The first-order valence-electron chi connectivity index (χ1n) is 4.45. The highest BCUT2D eigenvalue weighted by molar-refractivity contribution is 6.00. The first-order valence-corrected chi connectivity index (χ1v) is 4.45. The number of rotatable bonds is 3. The molecule has 1 aromatic carbocycles. The molecular weight excluding hydrogens is 162 g/mol. The van der Waals surface area contributed by atoms with Gasteiger partial charge in [0.15, 0.2) is 0 Å². The van der Waals surface area contributed by atoms with Gasteiger partial charge in [-0.1, -0.05) is 41.9 Å². The van der Waals surface area contributed by atoms with E-state index >= 15 is 0 Å². The van der Waals surface area contributed by atoms with E-state index in [0.29, 0.717) is 0 Å². The molecule has 2 heteroatoms. The van der Waals surface area contributed by atoms with Crippen molar-refractivity contribution in [2.75, 3.05) is 7.11 Å². The maximum Gasteiger partial charge on any atom is 0.106 e. The third kappa shape index (κ3) is 2.58. The van der Waals surface area contributed by atoms with Gasteiger partial charge >= 0.3 is 0 Å². The first-order chi connectivity index (χ1) is 6.27. The first kappa shape index (κ1) is 9.78. The van der Waals surface area contributed by atoms with Crippen molar-refractivity contribution in [3.63, 3.8) is 0 Å². The van der Waals surface area contributed by atoms with Crippen LogP contribution in [0.3, 0.4) is 0 Å². The molecule has 0 atom stereocenters. The van der Waals surface area contributed by atoms with Gasteiger partial charge in [0, 0.05) is 0 Å². The van der Waals surface area contributed by atoms with Gasteiger partial charge in [-0.05, 0) is 18.9 Å². The summed E-state index contributed by atoms with van der Waals surface area (Å²) in [5.74, 6) is 0. The summed E-state index contributed by atoms with van der Waals surface area (Å²) in [5.41, 5.74) is 3.38. The Labute approximate surface area is 79.2 Å².